The van der Waals surface area contributed by atoms with Crippen molar-refractivity contribution in [2.45, 2.75) is 26.5 Å². The quantitative estimate of drug-likeness (QED) is 0.840. The third-order valence-corrected chi connectivity index (χ3v) is 4.41. The highest BCUT2D eigenvalue weighted by Gasteiger charge is 2.14. The van der Waals surface area contributed by atoms with Crippen LogP contribution in [-0.2, 0) is 26.6 Å². The molecular weight excluding hydrogens is 354 g/mol. The lowest BCUT2D eigenvalue weighted by molar-refractivity contribution is 0.290. The van der Waals surface area contributed by atoms with Crippen LogP contribution in [-0.4, -0.2) is 16.8 Å². The smallest absolute Gasteiger partial charge is 0.131 e. The van der Waals surface area contributed by atoms with Crippen LogP contribution in [0.5, 0.6) is 5.75 Å². The van der Waals surface area contributed by atoms with Gasteiger partial charge in [0.05, 0.1) is 15.9 Å². The molecule has 6 heteroatoms. The van der Waals surface area contributed by atoms with E-state index in [-0.39, 0.29) is 0 Å². The van der Waals surface area contributed by atoms with E-state index in [9.17, 15) is 0 Å². The Morgan fingerprint density at radius 2 is 2.19 bits per heavy atom. The van der Waals surface area contributed by atoms with E-state index in [4.69, 9.17) is 16.3 Å². The summed E-state index contributed by atoms with van der Waals surface area (Å²) in [4.78, 5) is 0. The van der Waals surface area contributed by atoms with Gasteiger partial charge in [0.1, 0.15) is 12.4 Å². The van der Waals surface area contributed by atoms with Crippen LogP contribution in [0, 0.1) is 0 Å². The van der Waals surface area contributed by atoms with E-state index in [2.05, 4.69) is 33.3 Å². The number of benzene rings is 1. The number of hydrogen-bond acceptors (Lipinski definition) is 3. The summed E-state index contributed by atoms with van der Waals surface area (Å²) in [7, 11) is 3.83. The molecule has 2 rings (SSSR count). The molecule has 1 N–H and O–H groups in total. The van der Waals surface area contributed by atoms with Gasteiger partial charge < -0.3 is 10.1 Å². The highest BCUT2D eigenvalue weighted by molar-refractivity contribution is 9.10. The Bertz CT molecular complexity index is 628. The van der Waals surface area contributed by atoms with E-state index in [1.807, 2.05) is 37.0 Å². The third kappa shape index (κ3) is 3.78. The molecule has 0 spiro atoms. The summed E-state index contributed by atoms with van der Waals surface area (Å²) < 4.78 is 8.84. The van der Waals surface area contributed by atoms with Crippen LogP contribution < -0.4 is 10.1 Å². The normalized spacial score (nSPS) is 10.9. The molecule has 0 radical (unpaired) electrons. The van der Waals surface area contributed by atoms with Crippen LogP contribution in [0.15, 0.2) is 22.7 Å². The number of nitrogens with zero attached hydrogens (tertiary/aromatic N) is 2. The summed E-state index contributed by atoms with van der Waals surface area (Å²) in [5, 5.41) is 8.30. The van der Waals surface area contributed by atoms with Crippen molar-refractivity contribution >= 4 is 27.5 Å². The van der Waals surface area contributed by atoms with Crippen molar-refractivity contribution in [3.05, 3.63) is 44.6 Å². The van der Waals surface area contributed by atoms with Crippen molar-refractivity contribution in [1.82, 2.24) is 15.1 Å². The lowest BCUT2D eigenvalue weighted by Gasteiger charge is -2.12. The molecule has 114 valence electrons. The van der Waals surface area contributed by atoms with Gasteiger partial charge in [-0.05, 0) is 47.6 Å². The molecule has 1 aromatic heterocycles. The number of nitrogens with one attached hydrogen (secondary N) is 1. The summed E-state index contributed by atoms with van der Waals surface area (Å²) in [6.45, 7) is 3.26. The Hall–Kier alpha value is -1.04. The standard InChI is InChI=1S/C15H19BrClN3O/c1-4-12-15(16)13(20(3)19-12)9-21-14-6-5-11(17)7-10(14)8-18-2/h5-7,18H,4,8-9H2,1-3H3. The molecule has 0 amide bonds. The van der Waals surface area contributed by atoms with E-state index >= 15 is 0 Å². The predicted molar refractivity (Wildman–Crippen MR) is 88.8 cm³/mol. The zero-order chi connectivity index (χ0) is 15.4. The van der Waals surface area contributed by atoms with E-state index in [0.717, 1.165) is 33.6 Å². The van der Waals surface area contributed by atoms with Gasteiger partial charge in [-0.3, -0.25) is 4.68 Å². The minimum atomic E-state index is 0.461. The molecule has 4 nitrogen and oxygen atoms in total. The van der Waals surface area contributed by atoms with Gasteiger partial charge in [-0.15, -0.1) is 0 Å². The van der Waals surface area contributed by atoms with Gasteiger partial charge in [-0.1, -0.05) is 18.5 Å². The van der Waals surface area contributed by atoms with Crippen molar-refractivity contribution in [1.29, 1.82) is 0 Å². The van der Waals surface area contributed by atoms with Gasteiger partial charge >= 0.3 is 0 Å². The number of rotatable bonds is 6. The molecule has 0 saturated heterocycles. The SMILES string of the molecule is CCc1nn(C)c(COc2ccc(Cl)cc2CNC)c1Br. The first-order chi connectivity index (χ1) is 10.1. The highest BCUT2D eigenvalue weighted by atomic mass is 79.9. The molecule has 0 unspecified atom stereocenters. The average molecular weight is 373 g/mol. The fraction of sp³-hybridized carbons (Fsp3) is 0.400. The Kier molecular flexibility index (Phi) is 5.67. The second-order valence-electron chi connectivity index (χ2n) is 4.76. The van der Waals surface area contributed by atoms with Crippen LogP contribution >= 0.6 is 27.5 Å². The largest absolute Gasteiger partial charge is 0.487 e. The fourth-order valence-corrected chi connectivity index (χ4v) is 3.07. The maximum atomic E-state index is 6.04. The number of aryl methyl sites for hydroxylation is 2. The first-order valence-electron chi connectivity index (χ1n) is 6.82. The molecule has 1 heterocycles. The van der Waals surface area contributed by atoms with Gasteiger partial charge in [-0.2, -0.15) is 5.10 Å². The summed E-state index contributed by atoms with van der Waals surface area (Å²) in [6, 6.07) is 5.66. The van der Waals surface area contributed by atoms with Gasteiger partial charge in [0.15, 0.2) is 0 Å². The highest BCUT2D eigenvalue weighted by Crippen LogP contribution is 2.26. The lowest BCUT2D eigenvalue weighted by Crippen LogP contribution is -2.09. The van der Waals surface area contributed by atoms with Crippen molar-refractivity contribution in [2.75, 3.05) is 7.05 Å². The zero-order valence-corrected chi connectivity index (χ0v) is 14.8. The van der Waals surface area contributed by atoms with Crippen LogP contribution in [0.1, 0.15) is 23.9 Å². The first-order valence-corrected chi connectivity index (χ1v) is 8.00. The fourth-order valence-electron chi connectivity index (χ4n) is 2.14. The molecular formula is C15H19BrClN3O. The number of hydrogen-bond donors (Lipinski definition) is 1. The second kappa shape index (κ2) is 7.29. The number of aromatic nitrogens is 2. The maximum Gasteiger partial charge on any atom is 0.131 e. The molecule has 21 heavy (non-hydrogen) atoms. The third-order valence-electron chi connectivity index (χ3n) is 3.26. The van der Waals surface area contributed by atoms with Crippen molar-refractivity contribution in [3.8, 4) is 5.75 Å². The van der Waals surface area contributed by atoms with Crippen molar-refractivity contribution < 1.29 is 4.74 Å². The molecule has 0 aliphatic rings. The molecule has 0 fully saturated rings. The molecule has 2 aromatic rings. The van der Waals surface area contributed by atoms with Crippen LogP contribution in [0.3, 0.4) is 0 Å². The summed E-state index contributed by atoms with van der Waals surface area (Å²) in [6.07, 6.45) is 0.889. The van der Waals surface area contributed by atoms with Crippen LogP contribution in [0.4, 0.5) is 0 Å². The molecule has 0 atom stereocenters. The Morgan fingerprint density at radius 1 is 1.43 bits per heavy atom. The Labute approximate surface area is 138 Å². The van der Waals surface area contributed by atoms with E-state index < -0.39 is 0 Å². The Morgan fingerprint density at radius 3 is 2.81 bits per heavy atom. The van der Waals surface area contributed by atoms with Gasteiger partial charge in [0, 0.05) is 24.2 Å². The zero-order valence-electron chi connectivity index (χ0n) is 12.4. The van der Waals surface area contributed by atoms with Gasteiger partial charge in [-0.25, -0.2) is 0 Å². The van der Waals surface area contributed by atoms with Crippen LogP contribution in [0.25, 0.3) is 0 Å². The van der Waals surface area contributed by atoms with Gasteiger partial charge in [0.25, 0.3) is 0 Å². The summed E-state index contributed by atoms with van der Waals surface area (Å²) >= 11 is 9.64. The van der Waals surface area contributed by atoms with E-state index in [0.29, 0.717) is 18.2 Å². The van der Waals surface area contributed by atoms with E-state index in [1.165, 1.54) is 0 Å². The molecule has 0 aliphatic carbocycles. The maximum absolute atomic E-state index is 6.04. The van der Waals surface area contributed by atoms with Crippen molar-refractivity contribution in [2.24, 2.45) is 7.05 Å². The molecule has 0 saturated carbocycles. The second-order valence-corrected chi connectivity index (χ2v) is 5.99. The molecule has 0 aliphatic heterocycles. The molecule has 0 bridgehead atoms. The van der Waals surface area contributed by atoms with Crippen molar-refractivity contribution in [3.63, 3.8) is 0 Å². The summed E-state index contributed by atoms with van der Waals surface area (Å²) in [5.74, 6) is 0.833. The predicted octanol–water partition coefficient (Wildman–Crippen LogP) is 3.70. The minimum absolute atomic E-state index is 0.461. The van der Waals surface area contributed by atoms with Crippen LogP contribution in [0.2, 0.25) is 5.02 Å². The number of ether oxygens (including phenoxy) is 1. The van der Waals surface area contributed by atoms with Gasteiger partial charge in [0.2, 0.25) is 0 Å². The average Bonchev–Trinajstić information content (AvgIpc) is 2.73. The first kappa shape index (κ1) is 16.3. The minimum Gasteiger partial charge on any atom is -0.487 e. The molecule has 1 aromatic carbocycles. The Balaban J connectivity index is 2.18. The monoisotopic (exact) mass is 371 g/mol. The number of halogens is 2. The van der Waals surface area contributed by atoms with E-state index in [1.54, 1.807) is 0 Å². The lowest BCUT2D eigenvalue weighted by atomic mass is 10.2. The topological polar surface area (TPSA) is 39.1 Å². The summed E-state index contributed by atoms with van der Waals surface area (Å²) in [5.41, 5.74) is 3.11.